The van der Waals surface area contributed by atoms with Gasteiger partial charge in [-0.1, -0.05) is 0 Å². The molecule has 0 fully saturated rings. The maximum atomic E-state index is 13.6. The third-order valence-corrected chi connectivity index (χ3v) is 3.90. The van der Waals surface area contributed by atoms with Crippen molar-refractivity contribution in [3.63, 3.8) is 0 Å². The molecule has 0 spiro atoms. The van der Waals surface area contributed by atoms with E-state index in [0.29, 0.717) is 15.7 Å². The van der Waals surface area contributed by atoms with E-state index in [9.17, 15) is 9.18 Å². The molecule has 0 bridgehead atoms. The number of halogens is 3. The molecule has 19 heavy (non-hydrogen) atoms. The molecule has 0 N–H and O–H groups in total. The first-order chi connectivity index (χ1) is 8.95. The Morgan fingerprint density at radius 1 is 1.37 bits per heavy atom. The predicted molar refractivity (Wildman–Crippen MR) is 78.0 cm³/mol. The fourth-order valence-electron chi connectivity index (χ4n) is 2.14. The van der Waals surface area contributed by atoms with Crippen LogP contribution in [0.25, 0.3) is 5.69 Å². The second-order valence-electron chi connectivity index (χ2n) is 4.28. The Morgan fingerprint density at radius 3 is 2.63 bits per heavy atom. The van der Waals surface area contributed by atoms with Crippen molar-refractivity contribution in [2.45, 2.75) is 13.8 Å². The predicted octanol–water partition coefficient (Wildman–Crippen LogP) is 4.42. The van der Waals surface area contributed by atoms with Crippen molar-refractivity contribution in [2.75, 3.05) is 5.88 Å². The van der Waals surface area contributed by atoms with Gasteiger partial charge in [-0.15, -0.1) is 11.6 Å². The molecule has 2 rings (SSSR count). The number of hydrogen-bond acceptors (Lipinski definition) is 1. The first-order valence-electron chi connectivity index (χ1n) is 5.69. The lowest BCUT2D eigenvalue weighted by Crippen LogP contribution is -2.04. The van der Waals surface area contributed by atoms with Gasteiger partial charge in [-0.25, -0.2) is 4.39 Å². The van der Waals surface area contributed by atoms with Gasteiger partial charge in [-0.05, 0) is 54.0 Å². The molecule has 0 atom stereocenters. The number of carbonyl (C=O) groups is 1. The molecule has 1 aromatic carbocycles. The highest BCUT2D eigenvalue weighted by Gasteiger charge is 2.16. The fraction of sp³-hybridized carbons (Fsp3) is 0.214. The van der Waals surface area contributed by atoms with Crippen LogP contribution in [0.2, 0.25) is 0 Å². The molecule has 1 aromatic heterocycles. The summed E-state index contributed by atoms with van der Waals surface area (Å²) in [4.78, 5) is 11.7. The lowest BCUT2D eigenvalue weighted by Gasteiger charge is -2.10. The van der Waals surface area contributed by atoms with Gasteiger partial charge < -0.3 is 4.57 Å². The average Bonchev–Trinajstić information content (AvgIpc) is 2.68. The van der Waals surface area contributed by atoms with Crippen LogP contribution in [0.3, 0.4) is 0 Å². The van der Waals surface area contributed by atoms with Gasteiger partial charge in [0.15, 0.2) is 5.78 Å². The molecular formula is C14H12BrClFNO. The summed E-state index contributed by atoms with van der Waals surface area (Å²) in [5.41, 5.74) is 2.90. The molecule has 1 heterocycles. The third-order valence-electron chi connectivity index (χ3n) is 3.01. The van der Waals surface area contributed by atoms with E-state index in [-0.39, 0.29) is 17.5 Å². The lowest BCUT2D eigenvalue weighted by atomic mass is 10.2. The maximum Gasteiger partial charge on any atom is 0.179 e. The Balaban J connectivity index is 2.59. The first kappa shape index (κ1) is 14.3. The SMILES string of the molecule is Cc1cc(C(=O)CCl)c(C)n1-c1ccc(Br)c(F)c1. The highest BCUT2D eigenvalue weighted by molar-refractivity contribution is 9.10. The number of aromatic nitrogens is 1. The van der Waals surface area contributed by atoms with E-state index in [1.807, 2.05) is 18.4 Å². The summed E-state index contributed by atoms with van der Waals surface area (Å²) in [7, 11) is 0. The fourth-order valence-corrected chi connectivity index (χ4v) is 2.53. The van der Waals surface area contributed by atoms with Crippen molar-refractivity contribution < 1.29 is 9.18 Å². The van der Waals surface area contributed by atoms with Crippen LogP contribution in [0, 0.1) is 19.7 Å². The van der Waals surface area contributed by atoms with Crippen LogP contribution < -0.4 is 0 Å². The van der Waals surface area contributed by atoms with E-state index >= 15 is 0 Å². The number of aryl methyl sites for hydroxylation is 1. The third kappa shape index (κ3) is 2.60. The minimum absolute atomic E-state index is 0.0566. The van der Waals surface area contributed by atoms with E-state index in [4.69, 9.17) is 11.6 Å². The van der Waals surface area contributed by atoms with Crippen molar-refractivity contribution >= 4 is 33.3 Å². The number of Topliss-reactive ketones (excluding diaryl/α,β-unsaturated/α-hetero) is 1. The molecule has 2 aromatic rings. The number of alkyl halides is 1. The second kappa shape index (κ2) is 5.47. The molecular weight excluding hydrogens is 333 g/mol. The quantitative estimate of drug-likeness (QED) is 0.597. The summed E-state index contributed by atoms with van der Waals surface area (Å²) in [5, 5.41) is 0. The summed E-state index contributed by atoms with van der Waals surface area (Å²) in [6.45, 7) is 3.70. The van der Waals surface area contributed by atoms with Crippen molar-refractivity contribution in [3.8, 4) is 5.69 Å². The highest BCUT2D eigenvalue weighted by atomic mass is 79.9. The molecule has 0 aliphatic rings. The number of ketones is 1. The number of hydrogen-bond donors (Lipinski definition) is 0. The average molecular weight is 345 g/mol. The van der Waals surface area contributed by atoms with Crippen molar-refractivity contribution in [1.29, 1.82) is 0 Å². The van der Waals surface area contributed by atoms with E-state index in [1.54, 1.807) is 18.2 Å². The van der Waals surface area contributed by atoms with Crippen molar-refractivity contribution in [2.24, 2.45) is 0 Å². The molecule has 0 aliphatic heterocycles. The van der Waals surface area contributed by atoms with Crippen LogP contribution in [0.1, 0.15) is 21.7 Å². The van der Waals surface area contributed by atoms with Gasteiger partial charge in [0, 0.05) is 22.6 Å². The standard InChI is InChI=1S/C14H12BrClFNO/c1-8-5-11(14(19)7-16)9(2)18(8)10-3-4-12(15)13(17)6-10/h3-6H,7H2,1-2H3. The summed E-state index contributed by atoms with van der Waals surface area (Å²) >= 11 is 8.71. The Morgan fingerprint density at radius 2 is 2.05 bits per heavy atom. The number of benzene rings is 1. The first-order valence-corrected chi connectivity index (χ1v) is 7.02. The normalized spacial score (nSPS) is 10.8. The zero-order valence-electron chi connectivity index (χ0n) is 10.5. The summed E-state index contributed by atoms with van der Waals surface area (Å²) in [6.07, 6.45) is 0. The number of rotatable bonds is 3. The number of nitrogens with zero attached hydrogens (tertiary/aromatic N) is 1. The Hall–Kier alpha value is -1.13. The topological polar surface area (TPSA) is 22.0 Å². The van der Waals surface area contributed by atoms with Gasteiger partial charge in [-0.3, -0.25) is 4.79 Å². The molecule has 2 nitrogen and oxygen atoms in total. The molecule has 100 valence electrons. The van der Waals surface area contributed by atoms with Crippen LogP contribution in [-0.4, -0.2) is 16.2 Å². The molecule has 0 unspecified atom stereocenters. The second-order valence-corrected chi connectivity index (χ2v) is 5.40. The molecule has 0 aliphatic carbocycles. The van der Waals surface area contributed by atoms with E-state index < -0.39 is 0 Å². The Bertz CT molecular complexity index is 651. The van der Waals surface area contributed by atoms with Crippen LogP contribution in [-0.2, 0) is 0 Å². The van der Waals surface area contributed by atoms with Crippen LogP contribution in [0.5, 0.6) is 0 Å². The zero-order chi connectivity index (χ0) is 14.2. The minimum Gasteiger partial charge on any atom is -0.318 e. The van der Waals surface area contributed by atoms with E-state index in [2.05, 4.69) is 15.9 Å². The lowest BCUT2D eigenvalue weighted by molar-refractivity contribution is 0.102. The Labute approximate surface area is 124 Å². The van der Waals surface area contributed by atoms with E-state index in [1.165, 1.54) is 6.07 Å². The van der Waals surface area contributed by atoms with Gasteiger partial charge in [0.25, 0.3) is 0 Å². The molecule has 0 amide bonds. The van der Waals surface area contributed by atoms with Gasteiger partial charge in [0.2, 0.25) is 0 Å². The summed E-state index contributed by atoms with van der Waals surface area (Å²) in [5.74, 6) is -0.521. The smallest absolute Gasteiger partial charge is 0.179 e. The Kier molecular flexibility index (Phi) is 4.11. The van der Waals surface area contributed by atoms with Gasteiger partial charge in [0.05, 0.1) is 10.4 Å². The molecule has 0 radical (unpaired) electrons. The van der Waals surface area contributed by atoms with Crippen LogP contribution >= 0.6 is 27.5 Å². The summed E-state index contributed by atoms with van der Waals surface area (Å²) < 4.78 is 15.9. The largest absolute Gasteiger partial charge is 0.318 e. The molecule has 0 saturated carbocycles. The minimum atomic E-state index is -0.338. The molecule has 5 heteroatoms. The van der Waals surface area contributed by atoms with Crippen LogP contribution in [0.15, 0.2) is 28.7 Å². The van der Waals surface area contributed by atoms with Gasteiger partial charge >= 0.3 is 0 Å². The monoisotopic (exact) mass is 343 g/mol. The number of carbonyl (C=O) groups excluding carboxylic acids is 1. The zero-order valence-corrected chi connectivity index (χ0v) is 12.8. The van der Waals surface area contributed by atoms with Crippen LogP contribution in [0.4, 0.5) is 4.39 Å². The van der Waals surface area contributed by atoms with Gasteiger partial charge in [-0.2, -0.15) is 0 Å². The maximum absolute atomic E-state index is 13.6. The summed E-state index contributed by atoms with van der Waals surface area (Å²) in [6, 6.07) is 6.65. The molecule has 0 saturated heterocycles. The van der Waals surface area contributed by atoms with Crippen molar-refractivity contribution in [1.82, 2.24) is 4.57 Å². The van der Waals surface area contributed by atoms with Crippen molar-refractivity contribution in [3.05, 3.63) is 51.5 Å². The van der Waals surface area contributed by atoms with Gasteiger partial charge in [0.1, 0.15) is 5.82 Å². The van der Waals surface area contributed by atoms with E-state index in [0.717, 1.165) is 11.4 Å². The highest BCUT2D eigenvalue weighted by Crippen LogP contribution is 2.24.